The van der Waals surface area contributed by atoms with Gasteiger partial charge in [0.15, 0.2) is 15.5 Å². The number of hydrazine groups is 1. The lowest BCUT2D eigenvalue weighted by Gasteiger charge is -2.26. The molecule has 0 radical (unpaired) electrons. The summed E-state index contributed by atoms with van der Waals surface area (Å²) < 4.78 is 79.5. The first-order valence-corrected chi connectivity index (χ1v) is 13.5. The molecule has 1 aromatic heterocycles. The highest BCUT2D eigenvalue weighted by Crippen LogP contribution is 2.36. The van der Waals surface area contributed by atoms with E-state index in [0.717, 1.165) is 29.7 Å². The lowest BCUT2D eigenvalue weighted by Crippen LogP contribution is -2.31. The summed E-state index contributed by atoms with van der Waals surface area (Å²) >= 11 is 5.95. The first-order valence-electron chi connectivity index (χ1n) is 11.2. The molecule has 0 unspecified atom stereocenters. The first kappa shape index (κ1) is 28.1. The van der Waals surface area contributed by atoms with Crippen LogP contribution in [0.4, 0.5) is 23.2 Å². The van der Waals surface area contributed by atoms with Gasteiger partial charge in [0.05, 0.1) is 27.0 Å². The largest absolute Gasteiger partial charge is 0.434 e. The van der Waals surface area contributed by atoms with E-state index in [9.17, 15) is 26.0 Å². The number of imidazole rings is 1. The van der Waals surface area contributed by atoms with E-state index in [1.54, 1.807) is 24.3 Å². The smallest absolute Gasteiger partial charge is 0.403 e. The molecule has 4 rings (SSSR count). The van der Waals surface area contributed by atoms with Crippen molar-refractivity contribution in [2.75, 3.05) is 11.3 Å². The number of aromatic nitrogens is 2. The van der Waals surface area contributed by atoms with E-state index in [0.29, 0.717) is 16.7 Å². The predicted molar refractivity (Wildman–Crippen MR) is 142 cm³/mol. The molecule has 7 nitrogen and oxygen atoms in total. The summed E-state index contributed by atoms with van der Waals surface area (Å²) in [5.74, 6) is 5.86. The fourth-order valence-corrected chi connectivity index (χ4v) is 4.81. The van der Waals surface area contributed by atoms with Gasteiger partial charge in [0.2, 0.25) is 0 Å². The number of nitrogens with zero attached hydrogens (tertiary/aromatic N) is 3. The van der Waals surface area contributed by atoms with Gasteiger partial charge in [0.25, 0.3) is 0 Å². The van der Waals surface area contributed by atoms with Crippen molar-refractivity contribution in [1.82, 2.24) is 9.55 Å². The Hall–Kier alpha value is -3.87. The lowest BCUT2D eigenvalue weighted by atomic mass is 10.0. The molecule has 0 spiro atoms. The number of anilines is 1. The molecule has 4 N–H and O–H groups in total. The fraction of sp³-hybridized carbons (Fsp3) is 0.115. The van der Waals surface area contributed by atoms with E-state index in [1.165, 1.54) is 41.8 Å². The zero-order chi connectivity index (χ0) is 28.7. The van der Waals surface area contributed by atoms with E-state index in [4.69, 9.17) is 23.2 Å². The molecule has 0 fully saturated rings. The van der Waals surface area contributed by atoms with E-state index in [2.05, 4.69) is 4.98 Å². The number of halogens is 5. The van der Waals surface area contributed by atoms with Crippen LogP contribution >= 0.6 is 11.6 Å². The third kappa shape index (κ3) is 5.77. The van der Waals surface area contributed by atoms with Gasteiger partial charge < -0.3 is 10.3 Å². The highest BCUT2D eigenvalue weighted by Gasteiger charge is 2.35. The molecule has 0 saturated heterocycles. The highest BCUT2D eigenvalue weighted by atomic mass is 35.5. The number of alkyl halides is 3. The van der Waals surface area contributed by atoms with Crippen molar-refractivity contribution in [1.29, 1.82) is 0 Å². The van der Waals surface area contributed by atoms with Crippen LogP contribution in [0.5, 0.6) is 0 Å². The zero-order valence-electron chi connectivity index (χ0n) is 20.5. The quantitative estimate of drug-likeness (QED) is 0.172. The summed E-state index contributed by atoms with van der Waals surface area (Å²) in [7, 11) is -3.51. The topological polar surface area (TPSA) is 107 Å². The maximum absolute atomic E-state index is 13.8. The normalized spacial score (nSPS) is 12.6. The van der Waals surface area contributed by atoms with Gasteiger partial charge in [-0.3, -0.25) is 5.01 Å². The molecule has 0 aliphatic heterocycles. The molecule has 0 saturated carbocycles. The second-order valence-corrected chi connectivity index (χ2v) is 11.0. The fourth-order valence-electron chi connectivity index (χ4n) is 3.96. The average Bonchev–Trinajstić information content (AvgIpc) is 3.27. The van der Waals surface area contributed by atoms with Crippen LogP contribution in [0.2, 0.25) is 5.02 Å². The molecule has 0 bridgehead atoms. The van der Waals surface area contributed by atoms with Gasteiger partial charge in [-0.05, 0) is 60.5 Å². The Morgan fingerprint density at radius 1 is 1.08 bits per heavy atom. The van der Waals surface area contributed by atoms with Crippen molar-refractivity contribution < 1.29 is 26.0 Å². The van der Waals surface area contributed by atoms with Gasteiger partial charge in [-0.2, -0.15) is 13.2 Å². The summed E-state index contributed by atoms with van der Waals surface area (Å²) in [4.78, 5) is 3.72. The van der Waals surface area contributed by atoms with Crippen molar-refractivity contribution in [3.63, 3.8) is 0 Å². The van der Waals surface area contributed by atoms with Crippen molar-refractivity contribution in [3.8, 4) is 16.8 Å². The van der Waals surface area contributed by atoms with Crippen LogP contribution < -0.4 is 16.6 Å². The molecule has 1 heterocycles. The summed E-state index contributed by atoms with van der Waals surface area (Å²) in [5, 5.41) is 0.933. The van der Waals surface area contributed by atoms with Crippen LogP contribution in [-0.4, -0.2) is 24.2 Å². The van der Waals surface area contributed by atoms with Crippen LogP contribution in [0.1, 0.15) is 17.1 Å². The van der Waals surface area contributed by atoms with Crippen molar-refractivity contribution in [2.24, 2.45) is 11.6 Å². The van der Waals surface area contributed by atoms with Crippen LogP contribution in [0, 0.1) is 12.7 Å². The van der Waals surface area contributed by atoms with Gasteiger partial charge >= 0.3 is 6.18 Å². The Labute approximate surface area is 226 Å². The SMILES string of the molecule is Cc1nc(C(F)(F)F)cn1-c1ccc(-c2cccc(S(C)(=O)=O)c2)cc1N(N)/C(=C\N)c1ccc(F)c(Cl)c1. The third-order valence-corrected chi connectivity index (χ3v) is 7.30. The maximum Gasteiger partial charge on any atom is 0.434 e. The van der Waals surface area contributed by atoms with Gasteiger partial charge in [-0.25, -0.2) is 23.6 Å². The lowest BCUT2D eigenvalue weighted by molar-refractivity contribution is -0.141. The maximum atomic E-state index is 13.8. The Morgan fingerprint density at radius 2 is 1.77 bits per heavy atom. The van der Waals surface area contributed by atoms with E-state index >= 15 is 0 Å². The average molecular weight is 580 g/mol. The van der Waals surface area contributed by atoms with E-state index < -0.39 is 27.5 Å². The Morgan fingerprint density at radius 3 is 2.36 bits per heavy atom. The number of nitrogens with two attached hydrogens (primary N) is 2. The molecule has 3 aromatic carbocycles. The summed E-state index contributed by atoms with van der Waals surface area (Å²) in [6, 6.07) is 14.7. The molecule has 39 heavy (non-hydrogen) atoms. The van der Waals surface area contributed by atoms with Crippen molar-refractivity contribution in [3.05, 3.63) is 101 Å². The number of hydrogen-bond donors (Lipinski definition) is 2. The standard InChI is InChI=1S/C26H22ClF4N5O2S/c1-15-34-25(26(29,30)31)14-35(15)22-9-7-17(16-4-3-5-19(10-16)39(2,37)38)12-23(22)36(33)24(13-32)18-6-8-21(28)20(27)11-18/h3-14H,32-33H2,1-2H3/b24-13-. The summed E-state index contributed by atoms with van der Waals surface area (Å²) in [6.45, 7) is 1.41. The Balaban J connectivity index is 1.94. The van der Waals surface area contributed by atoms with Crippen molar-refractivity contribution in [2.45, 2.75) is 18.0 Å². The summed E-state index contributed by atoms with van der Waals surface area (Å²) in [5.41, 5.74) is 6.70. The van der Waals surface area contributed by atoms with E-state index in [1.807, 2.05) is 0 Å². The first-order chi connectivity index (χ1) is 18.2. The second kappa shape index (κ2) is 10.4. The Bertz CT molecular complexity index is 1700. The molecule has 0 aliphatic carbocycles. The molecule has 4 aromatic rings. The highest BCUT2D eigenvalue weighted by molar-refractivity contribution is 7.90. The van der Waals surface area contributed by atoms with E-state index in [-0.39, 0.29) is 32.8 Å². The zero-order valence-corrected chi connectivity index (χ0v) is 22.1. The number of benzene rings is 3. The molecule has 204 valence electrons. The number of hydrogen-bond acceptors (Lipinski definition) is 6. The Kier molecular flexibility index (Phi) is 7.48. The molecule has 0 aliphatic rings. The minimum atomic E-state index is -4.68. The predicted octanol–water partition coefficient (Wildman–Crippen LogP) is 5.70. The van der Waals surface area contributed by atoms with Crippen LogP contribution in [-0.2, 0) is 16.0 Å². The molecular weight excluding hydrogens is 558 g/mol. The monoisotopic (exact) mass is 579 g/mol. The van der Waals surface area contributed by atoms with Gasteiger partial charge in [0.1, 0.15) is 11.6 Å². The summed E-state index contributed by atoms with van der Waals surface area (Å²) in [6.07, 6.45) is -1.62. The second-order valence-electron chi connectivity index (χ2n) is 8.60. The number of rotatable bonds is 6. The van der Waals surface area contributed by atoms with Crippen LogP contribution in [0.3, 0.4) is 0 Å². The van der Waals surface area contributed by atoms with Crippen molar-refractivity contribution >= 4 is 32.8 Å². The van der Waals surface area contributed by atoms with Crippen LogP contribution in [0.25, 0.3) is 22.5 Å². The van der Waals surface area contributed by atoms with Crippen LogP contribution in [0.15, 0.2) is 78.0 Å². The molecular formula is C26H22ClF4N5O2S. The third-order valence-electron chi connectivity index (χ3n) is 5.90. The molecule has 0 amide bonds. The number of sulfone groups is 1. The van der Waals surface area contributed by atoms with Gasteiger partial charge in [-0.1, -0.05) is 29.8 Å². The number of aryl methyl sites for hydroxylation is 1. The molecule has 0 atom stereocenters. The molecule has 13 heteroatoms. The van der Waals surface area contributed by atoms with Gasteiger partial charge in [-0.15, -0.1) is 0 Å². The minimum Gasteiger partial charge on any atom is -0.403 e. The van der Waals surface area contributed by atoms with Gasteiger partial charge in [0, 0.05) is 24.2 Å². The minimum absolute atomic E-state index is 0.0342.